The topological polar surface area (TPSA) is 141 Å². The Kier molecular flexibility index (Phi) is 8.94. The van der Waals surface area contributed by atoms with Crippen LogP contribution in [0.5, 0.6) is 5.75 Å². The minimum Gasteiger partial charge on any atom is -0.497 e. The third-order valence-corrected chi connectivity index (χ3v) is 8.60. The lowest BCUT2D eigenvalue weighted by Crippen LogP contribution is -2.16. The summed E-state index contributed by atoms with van der Waals surface area (Å²) in [7, 11) is -2.29. The molecule has 0 fully saturated rings. The third-order valence-electron chi connectivity index (χ3n) is 6.05. The van der Waals surface area contributed by atoms with Crippen LogP contribution in [0.3, 0.4) is 0 Å². The maximum atomic E-state index is 12.8. The van der Waals surface area contributed by atoms with Crippen LogP contribution in [0.15, 0.2) is 88.9 Å². The third kappa shape index (κ3) is 7.31. The monoisotopic (exact) mass is 635 g/mol. The second-order valence-corrected chi connectivity index (χ2v) is 12.3. The average molecular weight is 636 g/mol. The largest absolute Gasteiger partial charge is 0.497 e. The second kappa shape index (κ2) is 12.8. The van der Waals surface area contributed by atoms with E-state index in [1.807, 2.05) is 41.0 Å². The van der Waals surface area contributed by atoms with Crippen LogP contribution < -0.4 is 14.8 Å². The molecule has 43 heavy (non-hydrogen) atoms. The predicted octanol–water partition coefficient (Wildman–Crippen LogP) is 5.53. The maximum absolute atomic E-state index is 12.8. The SMILES string of the molecule is COc1ccc(-c2nnc(SCC(=O)Nc3ccc(S(=O)(=O)Nc4cc(C)nc(C)n4)cc3)n2-c2ccc(Cl)cc2)cc1. The first-order chi connectivity index (χ1) is 20.6. The molecule has 0 atom stereocenters. The number of amides is 1. The first kappa shape index (κ1) is 30.0. The first-order valence-electron chi connectivity index (χ1n) is 12.8. The van der Waals surface area contributed by atoms with Gasteiger partial charge in [0, 0.05) is 33.7 Å². The fourth-order valence-electron chi connectivity index (χ4n) is 4.12. The number of sulfonamides is 1. The van der Waals surface area contributed by atoms with Crippen LogP contribution in [-0.2, 0) is 14.8 Å². The molecule has 5 aromatic rings. The number of carbonyl (C=O) groups excluding carboxylic acids is 1. The van der Waals surface area contributed by atoms with Crippen molar-refractivity contribution in [3.05, 3.63) is 95.4 Å². The smallest absolute Gasteiger partial charge is 0.263 e. The minimum atomic E-state index is -3.89. The number of nitrogens with one attached hydrogen (secondary N) is 2. The van der Waals surface area contributed by atoms with Crippen molar-refractivity contribution < 1.29 is 17.9 Å². The molecule has 0 saturated heterocycles. The summed E-state index contributed by atoms with van der Waals surface area (Å²) >= 11 is 7.32. The number of ether oxygens (including phenoxy) is 1. The highest BCUT2D eigenvalue weighted by molar-refractivity contribution is 7.99. The Morgan fingerprint density at radius 3 is 2.30 bits per heavy atom. The number of carbonyl (C=O) groups is 1. The van der Waals surface area contributed by atoms with Crippen molar-refractivity contribution in [3.8, 4) is 22.8 Å². The molecule has 0 aliphatic carbocycles. The van der Waals surface area contributed by atoms with Gasteiger partial charge in [-0.05, 0) is 86.6 Å². The van der Waals surface area contributed by atoms with E-state index in [1.54, 1.807) is 39.2 Å². The number of methoxy groups -OCH3 is 1. The van der Waals surface area contributed by atoms with E-state index in [4.69, 9.17) is 16.3 Å². The van der Waals surface area contributed by atoms with Gasteiger partial charge in [0.05, 0.1) is 17.8 Å². The normalized spacial score (nSPS) is 11.3. The molecular formula is C29H26ClN7O4S2. The Balaban J connectivity index is 1.28. The Hall–Kier alpha value is -4.46. The number of benzene rings is 3. The fraction of sp³-hybridized carbons (Fsp3) is 0.138. The Morgan fingerprint density at radius 1 is 0.953 bits per heavy atom. The molecule has 0 unspecified atom stereocenters. The number of nitrogens with zero attached hydrogens (tertiary/aromatic N) is 5. The number of rotatable bonds is 10. The van der Waals surface area contributed by atoms with E-state index in [1.165, 1.54) is 36.0 Å². The summed E-state index contributed by atoms with van der Waals surface area (Å²) in [5.74, 6) is 1.67. The van der Waals surface area contributed by atoms with Gasteiger partial charge in [-0.3, -0.25) is 14.1 Å². The summed E-state index contributed by atoms with van der Waals surface area (Å²) in [4.78, 5) is 21.1. The van der Waals surface area contributed by atoms with Gasteiger partial charge in [-0.25, -0.2) is 18.4 Å². The molecule has 5 rings (SSSR count). The van der Waals surface area contributed by atoms with Crippen LogP contribution >= 0.6 is 23.4 Å². The summed E-state index contributed by atoms with van der Waals surface area (Å²) in [5.41, 5.74) is 2.68. The minimum absolute atomic E-state index is 0.0240. The van der Waals surface area contributed by atoms with Gasteiger partial charge >= 0.3 is 0 Å². The Labute approximate surface area is 257 Å². The zero-order chi connectivity index (χ0) is 30.6. The molecule has 2 N–H and O–H groups in total. The van der Waals surface area contributed by atoms with E-state index < -0.39 is 10.0 Å². The van der Waals surface area contributed by atoms with Gasteiger partial charge in [-0.2, -0.15) is 0 Å². The molecule has 220 valence electrons. The van der Waals surface area contributed by atoms with Crippen molar-refractivity contribution in [2.24, 2.45) is 0 Å². The van der Waals surface area contributed by atoms with Crippen LogP contribution in [0, 0.1) is 13.8 Å². The van der Waals surface area contributed by atoms with Gasteiger partial charge in [-0.1, -0.05) is 23.4 Å². The van der Waals surface area contributed by atoms with Crippen molar-refractivity contribution in [2.45, 2.75) is 23.9 Å². The molecule has 11 nitrogen and oxygen atoms in total. The molecule has 0 saturated carbocycles. The lowest BCUT2D eigenvalue weighted by molar-refractivity contribution is -0.113. The lowest BCUT2D eigenvalue weighted by Gasteiger charge is -2.11. The predicted molar refractivity (Wildman–Crippen MR) is 166 cm³/mol. The van der Waals surface area contributed by atoms with Crippen molar-refractivity contribution in [1.82, 2.24) is 24.7 Å². The number of anilines is 2. The summed E-state index contributed by atoms with van der Waals surface area (Å²) in [6.45, 7) is 3.44. The van der Waals surface area contributed by atoms with Gasteiger partial charge < -0.3 is 10.1 Å². The number of hydrogen-bond donors (Lipinski definition) is 2. The summed E-state index contributed by atoms with van der Waals surface area (Å²) in [6, 6.07) is 22.1. The van der Waals surface area contributed by atoms with E-state index >= 15 is 0 Å². The quantitative estimate of drug-likeness (QED) is 0.189. The molecular weight excluding hydrogens is 610 g/mol. The van der Waals surface area contributed by atoms with Crippen molar-refractivity contribution in [3.63, 3.8) is 0 Å². The number of aryl methyl sites for hydroxylation is 2. The number of hydrogen-bond acceptors (Lipinski definition) is 9. The van der Waals surface area contributed by atoms with Gasteiger partial charge in [0.25, 0.3) is 10.0 Å². The van der Waals surface area contributed by atoms with Crippen LogP contribution in [-0.4, -0.2) is 51.9 Å². The molecule has 2 aromatic heterocycles. The highest BCUT2D eigenvalue weighted by Crippen LogP contribution is 2.30. The van der Waals surface area contributed by atoms with Gasteiger partial charge in [-0.15, -0.1) is 10.2 Å². The van der Waals surface area contributed by atoms with Crippen molar-refractivity contribution in [1.29, 1.82) is 0 Å². The molecule has 0 radical (unpaired) electrons. The van der Waals surface area contributed by atoms with E-state index in [-0.39, 0.29) is 22.4 Å². The molecule has 3 aromatic carbocycles. The first-order valence-corrected chi connectivity index (χ1v) is 15.7. The summed E-state index contributed by atoms with van der Waals surface area (Å²) in [5, 5.41) is 12.6. The zero-order valence-corrected chi connectivity index (χ0v) is 25.7. The molecule has 1 amide bonds. The van der Waals surface area contributed by atoms with Gasteiger partial charge in [0.15, 0.2) is 11.0 Å². The van der Waals surface area contributed by atoms with Gasteiger partial charge in [0.1, 0.15) is 17.4 Å². The van der Waals surface area contributed by atoms with Crippen LogP contribution in [0.1, 0.15) is 11.5 Å². The molecule has 0 bridgehead atoms. The second-order valence-electron chi connectivity index (χ2n) is 9.26. The van der Waals surface area contributed by atoms with E-state index in [0.717, 1.165) is 11.3 Å². The van der Waals surface area contributed by atoms with Crippen LogP contribution in [0.4, 0.5) is 11.5 Å². The number of aromatic nitrogens is 5. The summed E-state index contributed by atoms with van der Waals surface area (Å²) in [6.07, 6.45) is 0. The van der Waals surface area contributed by atoms with Crippen molar-refractivity contribution in [2.75, 3.05) is 22.9 Å². The summed E-state index contributed by atoms with van der Waals surface area (Å²) < 4.78 is 35.2. The fourth-order valence-corrected chi connectivity index (χ4v) is 5.99. The van der Waals surface area contributed by atoms with Gasteiger partial charge in [0.2, 0.25) is 5.91 Å². The van der Waals surface area contributed by atoms with E-state index in [9.17, 15) is 13.2 Å². The molecule has 0 aliphatic rings. The van der Waals surface area contributed by atoms with Crippen LogP contribution in [0.2, 0.25) is 5.02 Å². The number of thioether (sulfide) groups is 1. The zero-order valence-electron chi connectivity index (χ0n) is 23.3. The number of halogens is 1. The average Bonchev–Trinajstić information content (AvgIpc) is 3.40. The maximum Gasteiger partial charge on any atom is 0.263 e. The molecule has 14 heteroatoms. The highest BCUT2D eigenvalue weighted by Gasteiger charge is 2.19. The van der Waals surface area contributed by atoms with Crippen LogP contribution in [0.25, 0.3) is 17.1 Å². The molecule has 0 spiro atoms. The van der Waals surface area contributed by atoms with Crippen molar-refractivity contribution >= 4 is 50.8 Å². The Morgan fingerprint density at radius 2 is 1.65 bits per heavy atom. The van der Waals surface area contributed by atoms with E-state index in [0.29, 0.717) is 39.0 Å². The Bertz CT molecular complexity index is 1840. The highest BCUT2D eigenvalue weighted by atomic mass is 35.5. The molecule has 2 heterocycles. The molecule has 0 aliphatic heterocycles. The standard InChI is InChI=1S/C29H26ClN7O4S2/c1-18-16-26(32-19(2)31-18)36-43(39,40)25-14-8-22(9-15-25)33-27(38)17-42-29-35-34-28(20-4-12-24(41-3)13-5-20)37(29)23-10-6-21(30)7-11-23/h4-16H,17H2,1-3H3,(H,33,38)(H,31,32,36). The lowest BCUT2D eigenvalue weighted by atomic mass is 10.2. The van der Waals surface area contributed by atoms with E-state index in [2.05, 4.69) is 30.2 Å².